The molecule has 0 heterocycles. The summed E-state index contributed by atoms with van der Waals surface area (Å²) in [5, 5.41) is 12.2. The normalized spacial score (nSPS) is 9.82. The van der Waals surface area contributed by atoms with Gasteiger partial charge in [0.15, 0.2) is 0 Å². The molecule has 0 aliphatic carbocycles. The third-order valence-electron chi connectivity index (χ3n) is 3.34. The standard InChI is InChI=1S/C18H19N2S.Ho/c1-21-18-5-3-2-4-17(18)11-13-20-12-10-15-6-8-16(14-19)9-7-15;/h2-6,8-9,20H,10-13H2,1H3;/q-1;. The molecule has 119 valence electrons. The van der Waals surface area contributed by atoms with E-state index in [0.717, 1.165) is 31.5 Å². The Bertz CT molecular complexity index is 605. The third-order valence-corrected chi connectivity index (χ3v) is 4.18. The fourth-order valence-corrected chi connectivity index (χ4v) is 2.81. The van der Waals surface area contributed by atoms with Crippen molar-refractivity contribution in [1.29, 1.82) is 5.26 Å². The van der Waals surface area contributed by atoms with Gasteiger partial charge in [0, 0.05) is 48.7 Å². The molecule has 0 saturated carbocycles. The second-order valence-electron chi connectivity index (χ2n) is 4.78. The number of nitrogens with zero attached hydrogens (tertiary/aromatic N) is 1. The summed E-state index contributed by atoms with van der Waals surface area (Å²) in [6.07, 6.45) is 4.11. The molecule has 0 amide bonds. The average molecular weight is 460 g/mol. The molecule has 2 aromatic carbocycles. The van der Waals surface area contributed by atoms with Gasteiger partial charge in [0.2, 0.25) is 0 Å². The van der Waals surface area contributed by atoms with E-state index in [1.807, 2.05) is 12.1 Å². The predicted octanol–water partition coefficient (Wildman–Crippen LogP) is 3.46. The number of hydrogen-bond donors (Lipinski definition) is 1. The van der Waals surface area contributed by atoms with Crippen LogP contribution >= 0.6 is 11.8 Å². The molecule has 0 aromatic heterocycles. The summed E-state index contributed by atoms with van der Waals surface area (Å²) < 4.78 is 0. The number of rotatable bonds is 7. The molecule has 0 unspecified atom stereocenters. The number of nitriles is 1. The van der Waals surface area contributed by atoms with Crippen LogP contribution in [0.2, 0.25) is 0 Å². The molecule has 1 N–H and O–H groups in total. The zero-order valence-corrected chi connectivity index (χ0v) is 15.3. The quantitative estimate of drug-likeness (QED) is 0.298. The van der Waals surface area contributed by atoms with Crippen LogP contribution in [-0.2, 0) is 12.8 Å². The molecule has 0 fully saturated rings. The molecule has 1 radical (unpaired) electrons. The molecular weight excluding hydrogens is 441 g/mol. The minimum atomic E-state index is 0. The summed E-state index contributed by atoms with van der Waals surface area (Å²) in [6.45, 7) is 1.91. The Kier molecular flexibility index (Phi) is 9.86. The van der Waals surface area contributed by atoms with Crippen molar-refractivity contribution >= 4 is 11.8 Å². The van der Waals surface area contributed by atoms with Gasteiger partial charge in [-0.2, -0.15) is 29.8 Å². The molecule has 0 spiro atoms. The van der Waals surface area contributed by atoms with Gasteiger partial charge < -0.3 is 5.32 Å². The van der Waals surface area contributed by atoms with E-state index < -0.39 is 0 Å². The molecule has 0 saturated heterocycles. The van der Waals surface area contributed by atoms with Gasteiger partial charge >= 0.3 is 0 Å². The summed E-state index contributed by atoms with van der Waals surface area (Å²) in [4.78, 5) is 1.36. The number of hydrogen-bond acceptors (Lipinski definition) is 3. The Hall–Kier alpha value is -0.500. The van der Waals surface area contributed by atoms with Crippen molar-refractivity contribution in [1.82, 2.24) is 5.32 Å². The smallest absolute Gasteiger partial charge is 0.0307 e. The molecule has 2 aromatic rings. The van der Waals surface area contributed by atoms with Gasteiger partial charge in [0.05, 0.1) is 0 Å². The maximum Gasteiger partial charge on any atom is 0.0307 e. The molecule has 0 aliphatic heterocycles. The van der Waals surface area contributed by atoms with Crippen LogP contribution in [0.4, 0.5) is 0 Å². The van der Waals surface area contributed by atoms with Crippen molar-refractivity contribution in [3.63, 3.8) is 0 Å². The largest absolute Gasteiger partial charge is 0.316 e. The van der Waals surface area contributed by atoms with E-state index in [4.69, 9.17) is 5.26 Å². The van der Waals surface area contributed by atoms with Crippen LogP contribution in [0.5, 0.6) is 0 Å². The zero-order chi connectivity index (χ0) is 14.9. The predicted molar refractivity (Wildman–Crippen MR) is 88.5 cm³/mol. The number of thioether (sulfide) groups is 1. The molecule has 2 rings (SSSR count). The first-order chi connectivity index (χ1) is 10.3. The first-order valence-corrected chi connectivity index (χ1v) is 8.29. The number of nitrogens with one attached hydrogen (secondary N) is 1. The molecule has 4 heteroatoms. The van der Waals surface area contributed by atoms with E-state index in [9.17, 15) is 0 Å². The van der Waals surface area contributed by atoms with E-state index in [1.165, 1.54) is 10.5 Å². The monoisotopic (exact) mass is 460 g/mol. The van der Waals surface area contributed by atoms with Crippen molar-refractivity contribution in [2.75, 3.05) is 19.3 Å². The first-order valence-electron chi connectivity index (χ1n) is 7.07. The van der Waals surface area contributed by atoms with Gasteiger partial charge in [-0.1, -0.05) is 23.8 Å². The minimum Gasteiger partial charge on any atom is -0.316 e. The Balaban J connectivity index is 0.00000242. The van der Waals surface area contributed by atoms with Crippen molar-refractivity contribution < 1.29 is 37.7 Å². The van der Waals surface area contributed by atoms with E-state index >= 15 is 0 Å². The summed E-state index contributed by atoms with van der Waals surface area (Å²) >= 11 is 1.80. The summed E-state index contributed by atoms with van der Waals surface area (Å²) in [5.74, 6) is 0. The van der Waals surface area contributed by atoms with Crippen LogP contribution < -0.4 is 5.32 Å². The molecule has 22 heavy (non-hydrogen) atoms. The van der Waals surface area contributed by atoms with Gasteiger partial charge in [0.1, 0.15) is 0 Å². The first kappa shape index (κ1) is 19.5. The minimum absolute atomic E-state index is 0. The molecule has 0 atom stereocenters. The van der Waals surface area contributed by atoms with Gasteiger partial charge in [-0.05, 0) is 43.8 Å². The zero-order valence-electron chi connectivity index (χ0n) is 12.5. The summed E-state index contributed by atoms with van der Waals surface area (Å²) in [5.41, 5.74) is 3.22. The molecule has 0 aliphatic rings. The Morgan fingerprint density at radius 2 is 1.91 bits per heavy atom. The van der Waals surface area contributed by atoms with Crippen LogP contribution in [0.15, 0.2) is 47.4 Å². The third kappa shape index (κ3) is 6.32. The number of benzene rings is 2. The van der Waals surface area contributed by atoms with E-state index in [0.29, 0.717) is 5.56 Å². The average Bonchev–Trinajstić information content (AvgIpc) is 2.55. The molecule has 2 nitrogen and oxygen atoms in total. The summed E-state index contributed by atoms with van der Waals surface area (Å²) in [6, 6.07) is 19.4. The topological polar surface area (TPSA) is 35.8 Å². The molecule has 0 bridgehead atoms. The van der Waals surface area contributed by atoms with Crippen LogP contribution in [-0.4, -0.2) is 19.3 Å². The SMILES string of the molecule is CSc1ccccc1CCNCCc1[c-]cc(C#N)cc1.[Ho]. The van der Waals surface area contributed by atoms with E-state index in [1.54, 1.807) is 17.8 Å². The van der Waals surface area contributed by atoms with E-state index in [-0.39, 0.29) is 37.7 Å². The molecular formula is C18H19HoN2S-. The van der Waals surface area contributed by atoms with Crippen LogP contribution in [0, 0.1) is 55.1 Å². The van der Waals surface area contributed by atoms with Crippen molar-refractivity contribution in [2.45, 2.75) is 17.7 Å². The fourth-order valence-electron chi connectivity index (χ4n) is 2.16. The fraction of sp³-hybridized carbons (Fsp3) is 0.278. The van der Waals surface area contributed by atoms with Gasteiger partial charge in [0.25, 0.3) is 0 Å². The second-order valence-corrected chi connectivity index (χ2v) is 5.62. The Morgan fingerprint density at radius 1 is 1.14 bits per heavy atom. The Morgan fingerprint density at radius 3 is 2.59 bits per heavy atom. The Labute approximate surface area is 167 Å². The van der Waals surface area contributed by atoms with Crippen molar-refractivity contribution in [2.24, 2.45) is 0 Å². The van der Waals surface area contributed by atoms with Crippen molar-refractivity contribution in [3.05, 3.63) is 65.2 Å². The van der Waals surface area contributed by atoms with Gasteiger partial charge in [-0.25, -0.2) is 5.26 Å². The van der Waals surface area contributed by atoms with Crippen LogP contribution in [0.3, 0.4) is 0 Å². The van der Waals surface area contributed by atoms with Gasteiger partial charge in [-0.3, -0.25) is 0 Å². The van der Waals surface area contributed by atoms with Gasteiger partial charge in [-0.15, -0.1) is 11.8 Å². The summed E-state index contributed by atoms with van der Waals surface area (Å²) in [7, 11) is 0. The van der Waals surface area contributed by atoms with E-state index in [2.05, 4.69) is 48.0 Å². The maximum atomic E-state index is 8.74. The van der Waals surface area contributed by atoms with Crippen molar-refractivity contribution in [3.8, 4) is 6.07 Å². The second kappa shape index (κ2) is 11.1. The van der Waals surface area contributed by atoms with Crippen LogP contribution in [0.25, 0.3) is 0 Å². The van der Waals surface area contributed by atoms with Crippen LogP contribution in [0.1, 0.15) is 16.7 Å². The maximum absolute atomic E-state index is 8.74.